The van der Waals surface area contributed by atoms with Gasteiger partial charge in [-0.1, -0.05) is 19.8 Å². The number of carbonyl (C=O) groups excluding carboxylic acids is 1. The van der Waals surface area contributed by atoms with Crippen molar-refractivity contribution in [1.29, 1.82) is 0 Å². The van der Waals surface area contributed by atoms with Crippen LogP contribution in [0.1, 0.15) is 50.8 Å². The minimum Gasteiger partial charge on any atom is -0.481 e. The van der Waals surface area contributed by atoms with E-state index in [9.17, 15) is 14.7 Å². The predicted octanol–water partition coefficient (Wildman–Crippen LogP) is 2.39. The van der Waals surface area contributed by atoms with Crippen molar-refractivity contribution in [3.05, 3.63) is 17.5 Å². The van der Waals surface area contributed by atoms with E-state index in [1.807, 2.05) is 17.8 Å². The number of unbranched alkanes of at least 4 members (excludes halogenated alkanes) is 2. The molecule has 1 fully saturated rings. The monoisotopic (exact) mass is 336 g/mol. The molecule has 1 saturated heterocycles. The first kappa shape index (κ1) is 18.3. The molecule has 2 N–H and O–H groups in total. The number of likely N-dealkylation sites (tertiary alicyclic amines) is 1. The molecule has 1 unspecified atom stereocenters. The molecule has 7 nitrogen and oxygen atoms in total. The second-order valence-electron chi connectivity index (χ2n) is 6.91. The summed E-state index contributed by atoms with van der Waals surface area (Å²) in [4.78, 5) is 25.1. The normalized spacial score (nSPS) is 20.4. The highest BCUT2D eigenvalue weighted by atomic mass is 16.4. The van der Waals surface area contributed by atoms with Gasteiger partial charge in [-0.2, -0.15) is 5.10 Å². The molecule has 0 radical (unpaired) electrons. The van der Waals surface area contributed by atoms with Crippen LogP contribution in [0.25, 0.3) is 0 Å². The van der Waals surface area contributed by atoms with Gasteiger partial charge in [0.05, 0.1) is 11.1 Å². The maximum Gasteiger partial charge on any atom is 0.317 e. The van der Waals surface area contributed by atoms with E-state index in [0.29, 0.717) is 19.5 Å². The van der Waals surface area contributed by atoms with Crippen molar-refractivity contribution in [3.63, 3.8) is 0 Å². The van der Waals surface area contributed by atoms with E-state index < -0.39 is 11.4 Å². The number of aliphatic carboxylic acids is 1. The highest BCUT2D eigenvalue weighted by Crippen LogP contribution is 2.30. The second-order valence-corrected chi connectivity index (χ2v) is 6.91. The Bertz CT molecular complexity index is 599. The fourth-order valence-corrected chi connectivity index (χ4v) is 2.96. The van der Waals surface area contributed by atoms with Gasteiger partial charge in [0.25, 0.3) is 0 Å². The largest absolute Gasteiger partial charge is 0.481 e. The highest BCUT2D eigenvalue weighted by molar-refractivity contribution is 5.79. The van der Waals surface area contributed by atoms with Crippen LogP contribution in [0.3, 0.4) is 0 Å². The second kappa shape index (κ2) is 7.68. The van der Waals surface area contributed by atoms with Gasteiger partial charge in [0.1, 0.15) is 0 Å². The molecule has 1 atom stereocenters. The predicted molar refractivity (Wildman–Crippen MR) is 90.7 cm³/mol. The number of aryl methyl sites for hydroxylation is 2. The standard InChI is InChI=1S/C17H28N4O3/c1-4-5-6-8-21-11-14(13(2)19-21)10-18-16(24)20-9-7-17(3,12-20)15(22)23/h11H,4-10,12H2,1-3H3,(H,18,24)(H,22,23). The number of nitrogens with one attached hydrogen (secondary N) is 1. The molecule has 2 rings (SSSR count). The van der Waals surface area contributed by atoms with Crippen molar-refractivity contribution in [3.8, 4) is 0 Å². The molecule has 0 aromatic carbocycles. The Balaban J connectivity index is 1.85. The van der Waals surface area contributed by atoms with Crippen LogP contribution in [0.5, 0.6) is 0 Å². The molecule has 0 saturated carbocycles. The molecular weight excluding hydrogens is 308 g/mol. The Morgan fingerprint density at radius 2 is 2.17 bits per heavy atom. The number of hydrogen-bond acceptors (Lipinski definition) is 3. The maximum atomic E-state index is 12.3. The van der Waals surface area contributed by atoms with E-state index in [-0.39, 0.29) is 12.6 Å². The summed E-state index contributed by atoms with van der Waals surface area (Å²) in [5, 5.41) is 16.6. The Morgan fingerprint density at radius 1 is 1.42 bits per heavy atom. The van der Waals surface area contributed by atoms with Gasteiger partial charge in [0.15, 0.2) is 0 Å². The quantitative estimate of drug-likeness (QED) is 0.748. The van der Waals surface area contributed by atoms with Crippen molar-refractivity contribution >= 4 is 12.0 Å². The van der Waals surface area contributed by atoms with E-state index in [2.05, 4.69) is 17.3 Å². The third-order valence-electron chi connectivity index (χ3n) is 4.75. The minimum atomic E-state index is -0.845. The molecule has 1 aliphatic heterocycles. The Morgan fingerprint density at radius 3 is 2.79 bits per heavy atom. The van der Waals surface area contributed by atoms with Crippen LogP contribution in [-0.2, 0) is 17.9 Å². The molecule has 0 spiro atoms. The molecule has 1 aliphatic rings. The highest BCUT2D eigenvalue weighted by Gasteiger charge is 2.42. The fourth-order valence-electron chi connectivity index (χ4n) is 2.96. The number of nitrogens with zero attached hydrogens (tertiary/aromatic N) is 3. The Labute approximate surface area is 143 Å². The zero-order chi connectivity index (χ0) is 17.7. The van der Waals surface area contributed by atoms with Crippen LogP contribution in [0.4, 0.5) is 4.79 Å². The van der Waals surface area contributed by atoms with Crippen LogP contribution in [0.2, 0.25) is 0 Å². The lowest BCUT2D eigenvalue weighted by Gasteiger charge is -2.20. The SMILES string of the molecule is CCCCCn1cc(CNC(=O)N2CCC(C)(C(=O)O)C2)c(C)n1. The smallest absolute Gasteiger partial charge is 0.317 e. The third kappa shape index (κ3) is 4.27. The lowest BCUT2D eigenvalue weighted by Crippen LogP contribution is -2.40. The minimum absolute atomic E-state index is 0.210. The first-order valence-electron chi connectivity index (χ1n) is 8.65. The number of hydrogen-bond donors (Lipinski definition) is 2. The van der Waals surface area contributed by atoms with Crippen LogP contribution < -0.4 is 5.32 Å². The van der Waals surface area contributed by atoms with Gasteiger partial charge in [-0.15, -0.1) is 0 Å². The Kier molecular flexibility index (Phi) is 5.85. The number of rotatable bonds is 7. The lowest BCUT2D eigenvalue weighted by atomic mass is 9.90. The molecule has 7 heteroatoms. The summed E-state index contributed by atoms with van der Waals surface area (Å²) in [5.74, 6) is -0.845. The molecule has 134 valence electrons. The molecular formula is C17H28N4O3. The molecule has 2 heterocycles. The number of carbonyl (C=O) groups is 2. The number of carboxylic acids is 1. The fraction of sp³-hybridized carbons (Fsp3) is 0.706. The van der Waals surface area contributed by atoms with Crippen molar-refractivity contribution in [2.75, 3.05) is 13.1 Å². The van der Waals surface area contributed by atoms with E-state index in [4.69, 9.17) is 0 Å². The van der Waals surface area contributed by atoms with E-state index >= 15 is 0 Å². The van der Waals surface area contributed by atoms with Gasteiger partial charge >= 0.3 is 12.0 Å². The summed E-state index contributed by atoms with van der Waals surface area (Å²) in [6, 6.07) is -0.210. The van der Waals surface area contributed by atoms with Crippen LogP contribution in [-0.4, -0.2) is 44.9 Å². The Hall–Kier alpha value is -2.05. The van der Waals surface area contributed by atoms with E-state index in [1.54, 1.807) is 11.8 Å². The first-order chi connectivity index (χ1) is 11.4. The van der Waals surface area contributed by atoms with Gasteiger partial charge in [-0.25, -0.2) is 4.79 Å². The number of amides is 2. The summed E-state index contributed by atoms with van der Waals surface area (Å²) in [7, 11) is 0. The summed E-state index contributed by atoms with van der Waals surface area (Å²) < 4.78 is 1.93. The molecule has 2 amide bonds. The van der Waals surface area contributed by atoms with Crippen LogP contribution >= 0.6 is 0 Å². The average molecular weight is 336 g/mol. The first-order valence-corrected chi connectivity index (χ1v) is 8.65. The zero-order valence-corrected chi connectivity index (χ0v) is 14.8. The van der Waals surface area contributed by atoms with Crippen LogP contribution in [0, 0.1) is 12.3 Å². The number of carboxylic acid groups (broad SMARTS) is 1. The van der Waals surface area contributed by atoms with Gasteiger partial charge in [0, 0.05) is 37.9 Å². The summed E-state index contributed by atoms with van der Waals surface area (Å²) in [5.41, 5.74) is 1.08. The van der Waals surface area contributed by atoms with Crippen molar-refractivity contribution in [2.45, 2.75) is 59.5 Å². The molecule has 0 bridgehead atoms. The molecule has 1 aromatic rings. The average Bonchev–Trinajstić information content (AvgIpc) is 3.10. The number of aromatic nitrogens is 2. The van der Waals surface area contributed by atoms with E-state index in [0.717, 1.165) is 24.2 Å². The number of urea groups is 1. The van der Waals surface area contributed by atoms with Gasteiger partial charge in [-0.05, 0) is 26.7 Å². The van der Waals surface area contributed by atoms with Crippen LogP contribution in [0.15, 0.2) is 6.20 Å². The van der Waals surface area contributed by atoms with Gasteiger partial charge < -0.3 is 15.3 Å². The van der Waals surface area contributed by atoms with Crippen molar-refractivity contribution in [1.82, 2.24) is 20.0 Å². The molecule has 0 aliphatic carbocycles. The van der Waals surface area contributed by atoms with Crippen molar-refractivity contribution < 1.29 is 14.7 Å². The van der Waals surface area contributed by atoms with Crippen molar-refractivity contribution in [2.24, 2.45) is 5.41 Å². The third-order valence-corrected chi connectivity index (χ3v) is 4.75. The summed E-state index contributed by atoms with van der Waals surface area (Å²) >= 11 is 0. The van der Waals surface area contributed by atoms with Gasteiger partial charge in [0.2, 0.25) is 0 Å². The summed E-state index contributed by atoms with van der Waals surface area (Å²) in [6.07, 6.45) is 5.93. The molecule has 1 aromatic heterocycles. The topological polar surface area (TPSA) is 87.5 Å². The lowest BCUT2D eigenvalue weighted by molar-refractivity contribution is -0.147. The maximum absolute atomic E-state index is 12.3. The van der Waals surface area contributed by atoms with Gasteiger partial charge in [-0.3, -0.25) is 9.48 Å². The molecule has 24 heavy (non-hydrogen) atoms. The summed E-state index contributed by atoms with van der Waals surface area (Å²) in [6.45, 7) is 7.84. The van der Waals surface area contributed by atoms with E-state index in [1.165, 1.54) is 12.8 Å². The zero-order valence-electron chi connectivity index (χ0n) is 14.8.